The molecule has 0 aliphatic carbocycles. The fraction of sp³-hybridized carbons (Fsp3) is 0.438. The summed E-state index contributed by atoms with van der Waals surface area (Å²) in [6.07, 6.45) is 3.83. The molecule has 108 valence electrons. The minimum Gasteiger partial charge on any atom is -0.358 e. The standard InChI is InChI=1S/C16H21BrN2O/c1-3-4-5-8-18-16(20)10-13-11(2)19-15-7-6-12(17)9-14(13)15/h6-7,9,19H,3-5,8,10H2,1-2H3,(H,18,20). The largest absolute Gasteiger partial charge is 0.358 e. The van der Waals surface area contributed by atoms with Crippen molar-refractivity contribution in [2.24, 2.45) is 0 Å². The molecule has 0 saturated carbocycles. The lowest BCUT2D eigenvalue weighted by Crippen LogP contribution is -2.26. The van der Waals surface area contributed by atoms with Crippen molar-refractivity contribution < 1.29 is 4.79 Å². The van der Waals surface area contributed by atoms with Gasteiger partial charge in [-0.2, -0.15) is 0 Å². The number of hydrogen-bond donors (Lipinski definition) is 2. The number of H-pyrrole nitrogens is 1. The summed E-state index contributed by atoms with van der Waals surface area (Å²) in [6, 6.07) is 6.11. The normalized spacial score (nSPS) is 10.9. The van der Waals surface area contributed by atoms with Gasteiger partial charge in [0.25, 0.3) is 0 Å². The van der Waals surface area contributed by atoms with Crippen LogP contribution in [-0.4, -0.2) is 17.4 Å². The van der Waals surface area contributed by atoms with Crippen molar-refractivity contribution in [2.75, 3.05) is 6.54 Å². The van der Waals surface area contributed by atoms with Crippen LogP contribution in [0.5, 0.6) is 0 Å². The van der Waals surface area contributed by atoms with Gasteiger partial charge in [0.15, 0.2) is 0 Å². The van der Waals surface area contributed by atoms with Crippen molar-refractivity contribution in [3.8, 4) is 0 Å². The van der Waals surface area contributed by atoms with E-state index in [-0.39, 0.29) is 5.91 Å². The summed E-state index contributed by atoms with van der Waals surface area (Å²) in [4.78, 5) is 15.4. The molecular formula is C16H21BrN2O. The maximum absolute atomic E-state index is 12.0. The fourth-order valence-electron chi connectivity index (χ4n) is 2.41. The Morgan fingerprint density at radius 1 is 1.35 bits per heavy atom. The molecule has 0 atom stereocenters. The maximum atomic E-state index is 12.0. The van der Waals surface area contributed by atoms with Gasteiger partial charge in [-0.3, -0.25) is 4.79 Å². The SMILES string of the molecule is CCCCCNC(=O)Cc1c(C)[nH]c2ccc(Br)cc12. The molecule has 0 fully saturated rings. The number of aromatic amines is 1. The topological polar surface area (TPSA) is 44.9 Å². The lowest BCUT2D eigenvalue weighted by molar-refractivity contribution is -0.120. The minimum absolute atomic E-state index is 0.102. The molecular weight excluding hydrogens is 316 g/mol. The Labute approximate surface area is 128 Å². The molecule has 0 radical (unpaired) electrons. The number of benzene rings is 1. The molecule has 0 spiro atoms. The van der Waals surface area contributed by atoms with E-state index in [0.717, 1.165) is 39.6 Å². The monoisotopic (exact) mass is 336 g/mol. The van der Waals surface area contributed by atoms with Crippen molar-refractivity contribution in [1.82, 2.24) is 10.3 Å². The Balaban J connectivity index is 2.07. The van der Waals surface area contributed by atoms with Crippen molar-refractivity contribution in [1.29, 1.82) is 0 Å². The Hall–Kier alpha value is -1.29. The van der Waals surface area contributed by atoms with Crippen LogP contribution in [0.1, 0.15) is 37.4 Å². The average molecular weight is 337 g/mol. The van der Waals surface area contributed by atoms with Gasteiger partial charge >= 0.3 is 0 Å². The molecule has 1 aromatic heterocycles. The zero-order valence-electron chi connectivity index (χ0n) is 12.1. The van der Waals surface area contributed by atoms with Crippen molar-refractivity contribution in [2.45, 2.75) is 39.5 Å². The van der Waals surface area contributed by atoms with E-state index >= 15 is 0 Å². The van der Waals surface area contributed by atoms with Crippen molar-refractivity contribution in [3.63, 3.8) is 0 Å². The number of aromatic nitrogens is 1. The number of nitrogens with one attached hydrogen (secondary N) is 2. The Kier molecular flexibility index (Phi) is 5.24. The summed E-state index contributed by atoms with van der Waals surface area (Å²) in [6.45, 7) is 4.96. The number of amides is 1. The molecule has 2 N–H and O–H groups in total. The summed E-state index contributed by atoms with van der Waals surface area (Å²) in [5.74, 6) is 0.102. The van der Waals surface area contributed by atoms with Gasteiger partial charge < -0.3 is 10.3 Å². The Morgan fingerprint density at radius 3 is 2.90 bits per heavy atom. The van der Waals surface area contributed by atoms with Crippen molar-refractivity contribution in [3.05, 3.63) is 33.9 Å². The highest BCUT2D eigenvalue weighted by Gasteiger charge is 2.12. The van der Waals surface area contributed by atoms with Crippen LogP contribution in [-0.2, 0) is 11.2 Å². The molecule has 20 heavy (non-hydrogen) atoms. The number of fused-ring (bicyclic) bond motifs is 1. The van der Waals surface area contributed by atoms with E-state index in [0.29, 0.717) is 6.42 Å². The van der Waals surface area contributed by atoms with Crippen LogP contribution < -0.4 is 5.32 Å². The van der Waals surface area contributed by atoms with E-state index in [2.05, 4.69) is 39.2 Å². The lowest BCUT2D eigenvalue weighted by atomic mass is 10.1. The van der Waals surface area contributed by atoms with Gasteiger partial charge in [-0.1, -0.05) is 35.7 Å². The summed E-state index contributed by atoms with van der Waals surface area (Å²) in [5.41, 5.74) is 3.25. The summed E-state index contributed by atoms with van der Waals surface area (Å²) < 4.78 is 1.04. The molecule has 4 heteroatoms. The second kappa shape index (κ2) is 6.93. The summed E-state index contributed by atoms with van der Waals surface area (Å²) in [5, 5.41) is 4.12. The second-order valence-electron chi connectivity index (χ2n) is 5.15. The molecule has 0 saturated heterocycles. The second-order valence-corrected chi connectivity index (χ2v) is 6.07. The zero-order chi connectivity index (χ0) is 14.5. The van der Waals surface area contributed by atoms with E-state index < -0.39 is 0 Å². The van der Waals surface area contributed by atoms with Crippen LogP contribution in [0.15, 0.2) is 22.7 Å². The van der Waals surface area contributed by atoms with E-state index in [1.165, 1.54) is 12.8 Å². The quantitative estimate of drug-likeness (QED) is 0.766. The number of halogens is 1. The number of rotatable bonds is 6. The average Bonchev–Trinajstić information content (AvgIpc) is 2.71. The molecule has 0 bridgehead atoms. The van der Waals surface area contributed by atoms with E-state index in [1.807, 2.05) is 19.1 Å². The van der Waals surface area contributed by atoms with Crippen LogP contribution in [0, 0.1) is 6.92 Å². The fourth-order valence-corrected chi connectivity index (χ4v) is 2.77. The van der Waals surface area contributed by atoms with Gasteiger partial charge in [0.2, 0.25) is 5.91 Å². The van der Waals surface area contributed by atoms with Crippen LogP contribution in [0.25, 0.3) is 10.9 Å². The predicted molar refractivity (Wildman–Crippen MR) is 87.0 cm³/mol. The number of unbranched alkanes of at least 4 members (excludes halogenated alkanes) is 2. The predicted octanol–water partition coefficient (Wildman–Crippen LogP) is 4.09. The third-order valence-electron chi connectivity index (χ3n) is 3.52. The lowest BCUT2D eigenvalue weighted by Gasteiger charge is -2.05. The molecule has 3 nitrogen and oxygen atoms in total. The van der Waals surface area contributed by atoms with Gasteiger partial charge in [0, 0.05) is 27.6 Å². The molecule has 0 aliphatic rings. The van der Waals surface area contributed by atoms with Crippen LogP contribution in [0.4, 0.5) is 0 Å². The summed E-state index contributed by atoms with van der Waals surface area (Å²) >= 11 is 3.49. The van der Waals surface area contributed by atoms with Gasteiger partial charge in [0.05, 0.1) is 6.42 Å². The van der Waals surface area contributed by atoms with Gasteiger partial charge in [0.1, 0.15) is 0 Å². The first-order valence-corrected chi connectivity index (χ1v) is 7.94. The van der Waals surface area contributed by atoms with Gasteiger partial charge in [-0.15, -0.1) is 0 Å². The van der Waals surface area contributed by atoms with E-state index in [9.17, 15) is 4.79 Å². The highest BCUT2D eigenvalue weighted by atomic mass is 79.9. The number of aryl methyl sites for hydroxylation is 1. The zero-order valence-corrected chi connectivity index (χ0v) is 13.6. The molecule has 2 aromatic rings. The molecule has 0 unspecified atom stereocenters. The van der Waals surface area contributed by atoms with Crippen LogP contribution >= 0.6 is 15.9 Å². The van der Waals surface area contributed by atoms with Gasteiger partial charge in [-0.05, 0) is 37.1 Å². The summed E-state index contributed by atoms with van der Waals surface area (Å²) in [7, 11) is 0. The van der Waals surface area contributed by atoms with E-state index in [4.69, 9.17) is 0 Å². The third-order valence-corrected chi connectivity index (χ3v) is 4.01. The Morgan fingerprint density at radius 2 is 2.15 bits per heavy atom. The first-order valence-electron chi connectivity index (χ1n) is 7.15. The number of hydrogen-bond acceptors (Lipinski definition) is 1. The van der Waals surface area contributed by atoms with Gasteiger partial charge in [-0.25, -0.2) is 0 Å². The first-order chi connectivity index (χ1) is 9.61. The molecule has 0 aliphatic heterocycles. The molecule has 1 heterocycles. The molecule has 2 rings (SSSR count). The highest BCUT2D eigenvalue weighted by molar-refractivity contribution is 9.10. The molecule has 1 aromatic carbocycles. The first kappa shape index (κ1) is 15.1. The van der Waals surface area contributed by atoms with E-state index in [1.54, 1.807) is 0 Å². The van der Waals surface area contributed by atoms with Crippen LogP contribution in [0.2, 0.25) is 0 Å². The van der Waals surface area contributed by atoms with Crippen LogP contribution in [0.3, 0.4) is 0 Å². The number of carbonyl (C=O) groups excluding carboxylic acids is 1. The highest BCUT2D eigenvalue weighted by Crippen LogP contribution is 2.25. The number of carbonyl (C=O) groups is 1. The van der Waals surface area contributed by atoms with Crippen molar-refractivity contribution >= 4 is 32.7 Å². The molecule has 1 amide bonds. The Bertz CT molecular complexity index is 604. The smallest absolute Gasteiger partial charge is 0.224 e. The minimum atomic E-state index is 0.102. The maximum Gasteiger partial charge on any atom is 0.224 e. The third kappa shape index (κ3) is 3.63.